The van der Waals surface area contributed by atoms with Crippen LogP contribution in [0.3, 0.4) is 0 Å². The third-order valence-electron chi connectivity index (χ3n) is 3.64. The number of nitrogens with two attached hydrogens (primary N) is 1. The van der Waals surface area contributed by atoms with Crippen molar-refractivity contribution in [3.8, 4) is 5.75 Å². The quantitative estimate of drug-likeness (QED) is 0.806. The molecule has 1 aromatic carbocycles. The molecule has 0 bridgehead atoms. The van der Waals surface area contributed by atoms with Crippen LogP contribution in [0.5, 0.6) is 5.75 Å². The van der Waals surface area contributed by atoms with Crippen molar-refractivity contribution in [2.45, 2.75) is 32.8 Å². The van der Waals surface area contributed by atoms with Crippen LogP contribution in [0.2, 0.25) is 0 Å². The lowest BCUT2D eigenvalue weighted by atomic mass is 10.2. The zero-order valence-corrected chi connectivity index (χ0v) is 16.6. The molecular weight excluding hydrogens is 384 g/mol. The van der Waals surface area contributed by atoms with Crippen LogP contribution in [0.15, 0.2) is 36.5 Å². The van der Waals surface area contributed by atoms with E-state index in [-0.39, 0.29) is 17.4 Å². The van der Waals surface area contributed by atoms with Gasteiger partial charge in [0.15, 0.2) is 11.6 Å². The monoisotopic (exact) mass is 409 g/mol. The fourth-order valence-electron chi connectivity index (χ4n) is 2.29. The van der Waals surface area contributed by atoms with Crippen molar-refractivity contribution < 1.29 is 27.8 Å². The molecule has 2 aromatic rings. The summed E-state index contributed by atoms with van der Waals surface area (Å²) >= 11 is 0. The Bertz CT molecular complexity index is 812. The molecule has 1 unspecified atom stereocenters. The zero-order valence-electron chi connectivity index (χ0n) is 16.6. The zero-order chi connectivity index (χ0) is 21.8. The van der Waals surface area contributed by atoms with Crippen LogP contribution in [0, 0.1) is 11.6 Å². The molecular formula is C20H25F2N3O4. The summed E-state index contributed by atoms with van der Waals surface area (Å²) in [5.74, 6) is -2.73. The molecule has 9 heteroatoms. The molecule has 3 rings (SSSR count). The highest BCUT2D eigenvalue weighted by Gasteiger charge is 2.23. The van der Waals surface area contributed by atoms with E-state index in [1.54, 1.807) is 6.07 Å². The molecule has 1 saturated heterocycles. The second-order valence-corrected chi connectivity index (χ2v) is 5.54. The van der Waals surface area contributed by atoms with Crippen LogP contribution in [0.1, 0.15) is 37.2 Å². The van der Waals surface area contributed by atoms with Crippen molar-refractivity contribution in [1.82, 2.24) is 4.98 Å². The minimum Gasteiger partial charge on any atom is -0.494 e. The van der Waals surface area contributed by atoms with Crippen molar-refractivity contribution in [2.24, 2.45) is 5.73 Å². The molecule has 0 radical (unpaired) electrons. The number of hydrogen-bond donors (Lipinski definition) is 2. The number of primary amides is 1. The molecule has 0 saturated carbocycles. The number of anilines is 1. The molecule has 1 aliphatic heterocycles. The first-order chi connectivity index (χ1) is 13.9. The van der Waals surface area contributed by atoms with Crippen LogP contribution in [0.4, 0.5) is 14.5 Å². The van der Waals surface area contributed by atoms with Gasteiger partial charge in [0.2, 0.25) is 5.82 Å². The van der Waals surface area contributed by atoms with E-state index in [1.807, 2.05) is 13.8 Å². The third-order valence-corrected chi connectivity index (χ3v) is 3.64. The van der Waals surface area contributed by atoms with E-state index in [9.17, 15) is 18.4 Å². The first kappa shape index (κ1) is 24.0. The van der Waals surface area contributed by atoms with Gasteiger partial charge in [0.1, 0.15) is 11.8 Å². The van der Waals surface area contributed by atoms with Crippen molar-refractivity contribution in [3.63, 3.8) is 0 Å². The molecule has 3 N–H and O–H groups in total. The minimum atomic E-state index is -0.940. The summed E-state index contributed by atoms with van der Waals surface area (Å²) in [7, 11) is 1.29. The number of methoxy groups -OCH3 is 1. The first-order valence-corrected chi connectivity index (χ1v) is 9.08. The summed E-state index contributed by atoms with van der Waals surface area (Å²) in [5, 5.41) is 2.67. The van der Waals surface area contributed by atoms with Gasteiger partial charge in [0.05, 0.1) is 7.11 Å². The van der Waals surface area contributed by atoms with Crippen LogP contribution in [-0.2, 0) is 9.53 Å². The van der Waals surface area contributed by atoms with Gasteiger partial charge < -0.3 is 20.5 Å². The Labute approximate surface area is 168 Å². The van der Waals surface area contributed by atoms with E-state index in [0.717, 1.165) is 18.9 Å². The summed E-state index contributed by atoms with van der Waals surface area (Å²) < 4.78 is 34.6. The Balaban J connectivity index is 0.000000299. The normalized spacial score (nSPS) is 14.6. The third kappa shape index (κ3) is 7.46. The van der Waals surface area contributed by atoms with E-state index in [2.05, 4.69) is 15.0 Å². The average molecular weight is 409 g/mol. The maximum absolute atomic E-state index is 12.5. The van der Waals surface area contributed by atoms with E-state index in [4.69, 9.17) is 10.5 Å². The Hall–Kier alpha value is -3.07. The van der Waals surface area contributed by atoms with Gasteiger partial charge in [0.25, 0.3) is 11.8 Å². The van der Waals surface area contributed by atoms with Crippen LogP contribution >= 0.6 is 0 Å². The summed E-state index contributed by atoms with van der Waals surface area (Å²) in [4.78, 5) is 26.4. The highest BCUT2D eigenvalue weighted by molar-refractivity contribution is 5.96. The molecule has 1 fully saturated rings. The average Bonchev–Trinajstić information content (AvgIpc) is 3.27. The highest BCUT2D eigenvalue weighted by atomic mass is 19.2. The number of carbonyl (C=O) groups is 2. The lowest BCUT2D eigenvalue weighted by Crippen LogP contribution is -2.27. The summed E-state index contributed by atoms with van der Waals surface area (Å²) in [5.41, 5.74) is 5.71. The summed E-state index contributed by atoms with van der Waals surface area (Å²) in [6.07, 6.45) is 2.63. The number of rotatable bonds is 4. The molecule has 0 spiro atoms. The largest absolute Gasteiger partial charge is 0.494 e. The number of halogens is 2. The SMILES string of the molecule is CC.COc1cccc(F)c1F.NC(=O)c1cc(NC(=O)C2CCCO2)ccn1. The second-order valence-electron chi connectivity index (χ2n) is 5.54. The first-order valence-electron chi connectivity index (χ1n) is 9.08. The number of hydrogen-bond acceptors (Lipinski definition) is 5. The summed E-state index contributed by atoms with van der Waals surface area (Å²) in [6, 6.07) is 6.82. The number of carbonyl (C=O) groups excluding carboxylic acids is 2. The Morgan fingerprint density at radius 1 is 1.28 bits per heavy atom. The second kappa shape index (κ2) is 12.4. The summed E-state index contributed by atoms with van der Waals surface area (Å²) in [6.45, 7) is 4.61. The van der Waals surface area contributed by atoms with Crippen molar-refractivity contribution >= 4 is 17.5 Å². The molecule has 1 aliphatic rings. The lowest BCUT2D eigenvalue weighted by molar-refractivity contribution is -0.124. The van der Waals surface area contributed by atoms with Gasteiger partial charge in [-0.3, -0.25) is 14.6 Å². The Morgan fingerprint density at radius 2 is 2.00 bits per heavy atom. The van der Waals surface area contributed by atoms with Gasteiger partial charge in [-0.05, 0) is 37.1 Å². The molecule has 1 atom stereocenters. The van der Waals surface area contributed by atoms with Gasteiger partial charge in [-0.2, -0.15) is 4.39 Å². The predicted octanol–water partition coefficient (Wildman–Crippen LogP) is 3.30. The van der Waals surface area contributed by atoms with Crippen molar-refractivity contribution in [1.29, 1.82) is 0 Å². The van der Waals surface area contributed by atoms with E-state index in [1.165, 1.54) is 31.5 Å². The minimum absolute atomic E-state index is 0.0694. The van der Waals surface area contributed by atoms with E-state index in [0.29, 0.717) is 12.3 Å². The number of nitrogens with zero attached hydrogens (tertiary/aromatic N) is 1. The van der Waals surface area contributed by atoms with Gasteiger partial charge in [-0.1, -0.05) is 19.9 Å². The molecule has 29 heavy (non-hydrogen) atoms. The maximum Gasteiger partial charge on any atom is 0.267 e. The van der Waals surface area contributed by atoms with Crippen LogP contribution < -0.4 is 15.8 Å². The number of amides is 2. The van der Waals surface area contributed by atoms with Gasteiger partial charge >= 0.3 is 0 Å². The Morgan fingerprint density at radius 3 is 2.55 bits per heavy atom. The predicted molar refractivity (Wildman–Crippen MR) is 105 cm³/mol. The number of pyridine rings is 1. The van der Waals surface area contributed by atoms with E-state index < -0.39 is 23.6 Å². The Kier molecular flexibility index (Phi) is 10.2. The molecule has 1 aromatic heterocycles. The highest BCUT2D eigenvalue weighted by Crippen LogP contribution is 2.18. The molecule has 2 amide bonds. The van der Waals surface area contributed by atoms with Crippen LogP contribution in [0.25, 0.3) is 0 Å². The van der Waals surface area contributed by atoms with Gasteiger partial charge in [-0.25, -0.2) is 4.39 Å². The molecule has 7 nitrogen and oxygen atoms in total. The fourth-order valence-corrected chi connectivity index (χ4v) is 2.29. The molecule has 158 valence electrons. The smallest absolute Gasteiger partial charge is 0.267 e. The standard InChI is InChI=1S/C11H13N3O3.C7H6F2O.C2H6/c12-10(15)8-6-7(3-4-13-8)14-11(16)9-2-1-5-17-9;1-10-6-4-2-3-5(8)7(6)9;1-2/h3-4,6,9H,1-2,5H2,(H2,12,15)(H,13,14,16);2-4H,1H3;1-2H3. The number of aromatic nitrogens is 1. The van der Waals surface area contributed by atoms with Crippen molar-refractivity contribution in [2.75, 3.05) is 19.0 Å². The van der Waals surface area contributed by atoms with Gasteiger partial charge in [0, 0.05) is 18.5 Å². The molecule has 2 heterocycles. The fraction of sp³-hybridized carbons (Fsp3) is 0.350. The van der Waals surface area contributed by atoms with Gasteiger partial charge in [-0.15, -0.1) is 0 Å². The van der Waals surface area contributed by atoms with Crippen molar-refractivity contribution in [3.05, 3.63) is 53.9 Å². The lowest BCUT2D eigenvalue weighted by Gasteiger charge is -2.10. The number of ether oxygens (including phenoxy) is 2. The topological polar surface area (TPSA) is 104 Å². The number of nitrogens with one attached hydrogen (secondary N) is 1. The van der Waals surface area contributed by atoms with E-state index >= 15 is 0 Å². The number of benzene rings is 1. The molecule has 0 aliphatic carbocycles. The maximum atomic E-state index is 12.5. The van der Waals surface area contributed by atoms with Crippen LogP contribution in [-0.4, -0.2) is 36.6 Å².